The molecule has 4 heteroatoms. The van der Waals surface area contributed by atoms with Crippen molar-refractivity contribution in [3.63, 3.8) is 0 Å². The Morgan fingerprint density at radius 1 is 1.39 bits per heavy atom. The van der Waals surface area contributed by atoms with Crippen LogP contribution in [0.25, 0.3) is 0 Å². The topological polar surface area (TPSA) is 15.3 Å². The molecule has 0 fully saturated rings. The Morgan fingerprint density at radius 2 is 2.11 bits per heavy atom. The summed E-state index contributed by atoms with van der Waals surface area (Å²) in [6, 6.07) is 5.61. The van der Waals surface area contributed by atoms with Crippen LogP contribution in [-0.2, 0) is 6.54 Å². The summed E-state index contributed by atoms with van der Waals surface area (Å²) in [5, 5.41) is 3.28. The molecule has 0 aliphatic heterocycles. The van der Waals surface area contributed by atoms with Crippen molar-refractivity contribution in [2.24, 2.45) is 0 Å². The monoisotopic (exact) mass is 316 g/mol. The fraction of sp³-hybridized carbons (Fsp3) is 0.571. The summed E-state index contributed by atoms with van der Waals surface area (Å²) < 4.78 is 14.4. The van der Waals surface area contributed by atoms with E-state index in [2.05, 4.69) is 47.0 Å². The molecule has 1 N–H and O–H groups in total. The maximum absolute atomic E-state index is 13.4. The lowest BCUT2D eigenvalue weighted by atomic mass is 10.2. The van der Waals surface area contributed by atoms with Gasteiger partial charge in [0.15, 0.2) is 0 Å². The van der Waals surface area contributed by atoms with Gasteiger partial charge in [-0.2, -0.15) is 0 Å². The van der Waals surface area contributed by atoms with E-state index >= 15 is 0 Å². The predicted octanol–water partition coefficient (Wildman–Crippen LogP) is 3.41. The molecule has 102 valence electrons. The lowest BCUT2D eigenvalue weighted by molar-refractivity contribution is 0.269. The molecular formula is C14H22BrFN2. The molecule has 0 amide bonds. The van der Waals surface area contributed by atoms with Crippen LogP contribution in [0.3, 0.4) is 0 Å². The van der Waals surface area contributed by atoms with E-state index in [1.54, 1.807) is 6.07 Å². The van der Waals surface area contributed by atoms with Gasteiger partial charge in [0.25, 0.3) is 0 Å². The Hall–Kier alpha value is -0.450. The molecule has 0 bridgehead atoms. The van der Waals surface area contributed by atoms with Gasteiger partial charge in [-0.3, -0.25) is 0 Å². The van der Waals surface area contributed by atoms with Crippen molar-refractivity contribution in [2.75, 3.05) is 20.1 Å². The Bertz CT molecular complexity index is 369. The Labute approximate surface area is 118 Å². The van der Waals surface area contributed by atoms with Crippen molar-refractivity contribution in [1.29, 1.82) is 0 Å². The number of nitrogens with zero attached hydrogens (tertiary/aromatic N) is 1. The highest BCUT2D eigenvalue weighted by Crippen LogP contribution is 2.15. The lowest BCUT2D eigenvalue weighted by Crippen LogP contribution is -2.29. The highest BCUT2D eigenvalue weighted by molar-refractivity contribution is 9.10. The number of nitrogens with one attached hydrogen (secondary N) is 1. The van der Waals surface area contributed by atoms with E-state index in [0.717, 1.165) is 24.0 Å². The largest absolute Gasteiger partial charge is 0.313 e. The average molecular weight is 317 g/mol. The Kier molecular flexibility index (Phi) is 6.82. The Balaban J connectivity index is 2.24. The molecule has 18 heavy (non-hydrogen) atoms. The number of rotatable bonds is 7. The first kappa shape index (κ1) is 15.6. The standard InChI is InChI=1S/C14H22BrFN2/c1-11(2)18(3)8-4-7-17-10-12-9-13(15)5-6-14(12)16/h5-6,9,11,17H,4,7-8,10H2,1-3H3. The molecule has 0 saturated carbocycles. The molecule has 0 aliphatic rings. The second-order valence-corrected chi connectivity index (χ2v) is 5.76. The average Bonchev–Trinajstić information content (AvgIpc) is 2.32. The summed E-state index contributed by atoms with van der Waals surface area (Å²) in [6.07, 6.45) is 1.07. The molecule has 0 spiro atoms. The molecule has 1 rings (SSSR count). The fourth-order valence-electron chi connectivity index (χ4n) is 1.61. The van der Waals surface area contributed by atoms with Gasteiger partial charge in [0, 0.05) is 22.6 Å². The molecule has 1 aromatic rings. The van der Waals surface area contributed by atoms with Gasteiger partial charge in [-0.05, 0) is 58.6 Å². The van der Waals surface area contributed by atoms with Crippen LogP contribution in [0.15, 0.2) is 22.7 Å². The molecule has 1 aromatic carbocycles. The molecular weight excluding hydrogens is 295 g/mol. The van der Waals surface area contributed by atoms with Crippen LogP contribution in [-0.4, -0.2) is 31.1 Å². The zero-order valence-electron chi connectivity index (χ0n) is 11.3. The normalized spacial score (nSPS) is 11.5. The van der Waals surface area contributed by atoms with E-state index in [4.69, 9.17) is 0 Å². The molecule has 0 unspecified atom stereocenters. The first-order valence-corrected chi connectivity index (χ1v) is 7.15. The highest BCUT2D eigenvalue weighted by atomic mass is 79.9. The molecule has 0 aromatic heterocycles. The summed E-state index contributed by atoms with van der Waals surface area (Å²) in [5.41, 5.74) is 0.710. The molecule has 2 nitrogen and oxygen atoms in total. The molecule has 0 atom stereocenters. The van der Waals surface area contributed by atoms with Crippen LogP contribution in [0.2, 0.25) is 0 Å². The zero-order chi connectivity index (χ0) is 13.5. The highest BCUT2D eigenvalue weighted by Gasteiger charge is 2.03. The van der Waals surface area contributed by atoms with Crippen molar-refractivity contribution in [3.05, 3.63) is 34.1 Å². The number of hydrogen-bond donors (Lipinski definition) is 1. The van der Waals surface area contributed by atoms with Crippen LogP contribution in [0, 0.1) is 5.82 Å². The predicted molar refractivity (Wildman–Crippen MR) is 78.2 cm³/mol. The minimum atomic E-state index is -0.148. The van der Waals surface area contributed by atoms with Crippen LogP contribution < -0.4 is 5.32 Å². The van der Waals surface area contributed by atoms with Crippen molar-refractivity contribution < 1.29 is 4.39 Å². The Morgan fingerprint density at radius 3 is 2.78 bits per heavy atom. The minimum absolute atomic E-state index is 0.148. The van der Waals surface area contributed by atoms with Gasteiger partial charge >= 0.3 is 0 Å². The van der Waals surface area contributed by atoms with Crippen molar-refractivity contribution in [2.45, 2.75) is 32.9 Å². The molecule has 0 heterocycles. The summed E-state index contributed by atoms with van der Waals surface area (Å²) in [6.45, 7) is 6.92. The fourth-order valence-corrected chi connectivity index (χ4v) is 2.02. The zero-order valence-corrected chi connectivity index (χ0v) is 12.9. The maximum atomic E-state index is 13.4. The van der Waals surface area contributed by atoms with E-state index in [9.17, 15) is 4.39 Å². The van der Waals surface area contributed by atoms with Crippen molar-refractivity contribution >= 4 is 15.9 Å². The third-order valence-corrected chi connectivity index (χ3v) is 3.56. The summed E-state index contributed by atoms with van der Waals surface area (Å²) in [5.74, 6) is -0.148. The minimum Gasteiger partial charge on any atom is -0.313 e. The van der Waals surface area contributed by atoms with E-state index < -0.39 is 0 Å². The van der Waals surface area contributed by atoms with Gasteiger partial charge in [0.2, 0.25) is 0 Å². The van der Waals surface area contributed by atoms with Gasteiger partial charge in [0.1, 0.15) is 5.82 Å². The van der Waals surface area contributed by atoms with Crippen LogP contribution in [0.1, 0.15) is 25.8 Å². The second kappa shape index (κ2) is 7.87. The van der Waals surface area contributed by atoms with Gasteiger partial charge in [0.05, 0.1) is 0 Å². The second-order valence-electron chi connectivity index (χ2n) is 4.84. The lowest BCUT2D eigenvalue weighted by Gasteiger charge is -2.20. The third-order valence-electron chi connectivity index (χ3n) is 3.07. The SMILES string of the molecule is CC(C)N(C)CCCNCc1cc(Br)ccc1F. The van der Waals surface area contributed by atoms with Gasteiger partial charge in [-0.25, -0.2) is 4.39 Å². The summed E-state index contributed by atoms with van der Waals surface area (Å²) in [7, 11) is 2.12. The summed E-state index contributed by atoms with van der Waals surface area (Å²) >= 11 is 3.35. The van der Waals surface area contributed by atoms with Gasteiger partial charge in [-0.15, -0.1) is 0 Å². The van der Waals surface area contributed by atoms with Gasteiger partial charge < -0.3 is 10.2 Å². The van der Waals surface area contributed by atoms with E-state index in [1.165, 1.54) is 6.07 Å². The van der Waals surface area contributed by atoms with E-state index in [0.29, 0.717) is 18.2 Å². The van der Waals surface area contributed by atoms with Crippen molar-refractivity contribution in [1.82, 2.24) is 10.2 Å². The smallest absolute Gasteiger partial charge is 0.127 e. The molecule has 0 aliphatic carbocycles. The third kappa shape index (κ3) is 5.46. The van der Waals surface area contributed by atoms with E-state index in [-0.39, 0.29) is 5.82 Å². The number of halogens is 2. The molecule has 0 saturated heterocycles. The molecule has 0 radical (unpaired) electrons. The number of hydrogen-bond acceptors (Lipinski definition) is 2. The first-order chi connectivity index (χ1) is 8.50. The van der Waals surface area contributed by atoms with E-state index in [1.807, 2.05) is 6.07 Å². The van der Waals surface area contributed by atoms with Crippen molar-refractivity contribution in [3.8, 4) is 0 Å². The maximum Gasteiger partial charge on any atom is 0.127 e. The summed E-state index contributed by atoms with van der Waals surface area (Å²) in [4.78, 5) is 2.31. The number of benzene rings is 1. The quantitative estimate of drug-likeness (QED) is 0.775. The van der Waals surface area contributed by atoms with Gasteiger partial charge in [-0.1, -0.05) is 15.9 Å². The first-order valence-electron chi connectivity index (χ1n) is 6.35. The van der Waals surface area contributed by atoms with Crippen LogP contribution >= 0.6 is 15.9 Å². The van der Waals surface area contributed by atoms with Crippen LogP contribution in [0.5, 0.6) is 0 Å². The van der Waals surface area contributed by atoms with Crippen LogP contribution in [0.4, 0.5) is 4.39 Å².